The van der Waals surface area contributed by atoms with Crippen LogP contribution in [0, 0.1) is 21.4 Å². The predicted molar refractivity (Wildman–Crippen MR) is 83.0 cm³/mol. The zero-order valence-electron chi connectivity index (χ0n) is 10.6. The van der Waals surface area contributed by atoms with Crippen LogP contribution in [0.25, 0.3) is 0 Å². The number of para-hydroxylation sites is 1. The average Bonchev–Trinajstić information content (AvgIpc) is 2.48. The van der Waals surface area contributed by atoms with E-state index in [4.69, 9.17) is 11.1 Å². The molecule has 0 aliphatic heterocycles. The molecule has 0 radical (unpaired) electrons. The molecule has 2 aromatic carbocycles. The minimum absolute atomic E-state index is 0.181. The van der Waals surface area contributed by atoms with Crippen LogP contribution in [0.3, 0.4) is 0 Å². The Labute approximate surface area is 128 Å². The quantitative estimate of drug-likeness (QED) is 0.444. The molecule has 0 spiro atoms. The number of halogens is 1. The largest absolute Gasteiger partial charge is 0.349 e. The maximum atomic E-state index is 11.2. The molecule has 0 saturated carbocycles. The first-order valence-corrected chi connectivity index (χ1v) is 6.57. The van der Waals surface area contributed by atoms with Crippen LogP contribution in [-0.4, -0.2) is 4.92 Å². The Morgan fingerprint density at radius 2 is 1.95 bits per heavy atom. The third-order valence-corrected chi connectivity index (χ3v) is 3.24. The number of hydrazine groups is 1. The highest BCUT2D eigenvalue weighted by atomic mass is 79.9. The molecular formula is C13H10BrN5O2. The number of benzene rings is 2. The van der Waals surface area contributed by atoms with Crippen molar-refractivity contribution in [3.05, 3.63) is 56.5 Å². The number of anilines is 3. The molecule has 0 fully saturated rings. The Hall–Kier alpha value is -2.63. The van der Waals surface area contributed by atoms with Gasteiger partial charge in [-0.15, -0.1) is 0 Å². The number of hydrogen-bond acceptors (Lipinski definition) is 6. The van der Waals surface area contributed by atoms with Crippen molar-refractivity contribution < 1.29 is 4.92 Å². The molecule has 0 unspecified atom stereocenters. The number of nitriles is 1. The topological polar surface area (TPSA) is 117 Å². The predicted octanol–water partition coefficient (Wildman–Crippen LogP) is 3.26. The first-order valence-electron chi connectivity index (χ1n) is 5.77. The van der Waals surface area contributed by atoms with Gasteiger partial charge in [0.2, 0.25) is 0 Å². The standard InChI is InChI=1S/C13H10BrN5O2/c14-9-4-5-10(8(6-9)7-15)17-11-2-1-3-12(18-16)13(11)19(20)21/h1-6,17-18H,16H2. The second-order valence-electron chi connectivity index (χ2n) is 4.03. The lowest BCUT2D eigenvalue weighted by atomic mass is 10.1. The van der Waals surface area contributed by atoms with Crippen LogP contribution >= 0.6 is 15.9 Å². The molecule has 2 aromatic rings. The monoisotopic (exact) mass is 347 g/mol. The second-order valence-corrected chi connectivity index (χ2v) is 4.95. The van der Waals surface area contributed by atoms with Crippen molar-refractivity contribution in [2.45, 2.75) is 0 Å². The zero-order chi connectivity index (χ0) is 15.4. The number of nitrogens with one attached hydrogen (secondary N) is 2. The Morgan fingerprint density at radius 3 is 2.57 bits per heavy atom. The van der Waals surface area contributed by atoms with Crippen LogP contribution < -0.4 is 16.6 Å². The van der Waals surface area contributed by atoms with Crippen LogP contribution in [0.15, 0.2) is 40.9 Å². The van der Waals surface area contributed by atoms with Gasteiger partial charge in [0.1, 0.15) is 17.4 Å². The summed E-state index contributed by atoms with van der Waals surface area (Å²) in [7, 11) is 0. The minimum atomic E-state index is -0.539. The fourth-order valence-electron chi connectivity index (χ4n) is 1.82. The van der Waals surface area contributed by atoms with Crippen molar-refractivity contribution >= 4 is 38.7 Å². The van der Waals surface area contributed by atoms with Crippen LogP contribution in [0.2, 0.25) is 0 Å². The molecule has 21 heavy (non-hydrogen) atoms. The van der Waals surface area contributed by atoms with Crippen LogP contribution in [0.1, 0.15) is 5.56 Å². The number of nitrogen functional groups attached to an aromatic ring is 1. The SMILES string of the molecule is N#Cc1cc(Br)ccc1Nc1cccc(NN)c1[N+](=O)[O-]. The molecule has 0 saturated heterocycles. The summed E-state index contributed by atoms with van der Waals surface area (Å²) in [6.07, 6.45) is 0. The summed E-state index contributed by atoms with van der Waals surface area (Å²) in [5.74, 6) is 5.29. The Bertz CT molecular complexity index is 742. The zero-order valence-corrected chi connectivity index (χ0v) is 12.2. The molecule has 2 rings (SSSR count). The third-order valence-electron chi connectivity index (χ3n) is 2.75. The van der Waals surface area contributed by atoms with E-state index < -0.39 is 4.92 Å². The van der Waals surface area contributed by atoms with E-state index in [1.807, 2.05) is 6.07 Å². The molecular weight excluding hydrogens is 338 g/mol. The van der Waals surface area contributed by atoms with Gasteiger partial charge in [-0.05, 0) is 30.3 Å². The fourth-order valence-corrected chi connectivity index (χ4v) is 2.18. The maximum Gasteiger partial charge on any atom is 0.316 e. The van der Waals surface area contributed by atoms with E-state index in [0.29, 0.717) is 11.3 Å². The number of nitro benzene ring substituents is 1. The first-order chi connectivity index (χ1) is 10.1. The van der Waals surface area contributed by atoms with Gasteiger partial charge in [-0.2, -0.15) is 5.26 Å². The highest BCUT2D eigenvalue weighted by Gasteiger charge is 2.19. The molecule has 4 N–H and O–H groups in total. The molecule has 0 aliphatic carbocycles. The lowest BCUT2D eigenvalue weighted by Gasteiger charge is -2.11. The molecule has 0 aliphatic rings. The summed E-state index contributed by atoms with van der Waals surface area (Å²) in [5.41, 5.74) is 3.36. The van der Waals surface area contributed by atoms with E-state index in [9.17, 15) is 10.1 Å². The first kappa shape index (κ1) is 14.8. The lowest BCUT2D eigenvalue weighted by Crippen LogP contribution is -2.10. The molecule has 7 nitrogen and oxygen atoms in total. The number of rotatable bonds is 4. The van der Waals surface area contributed by atoms with Crippen molar-refractivity contribution in [2.24, 2.45) is 5.84 Å². The summed E-state index contributed by atoms with van der Waals surface area (Å²) in [4.78, 5) is 10.7. The summed E-state index contributed by atoms with van der Waals surface area (Å²) < 4.78 is 0.747. The van der Waals surface area contributed by atoms with Gasteiger partial charge in [-0.25, -0.2) is 0 Å². The van der Waals surface area contributed by atoms with Gasteiger partial charge >= 0.3 is 5.69 Å². The van der Waals surface area contributed by atoms with E-state index in [-0.39, 0.29) is 17.1 Å². The number of nitro groups is 1. The smallest absolute Gasteiger partial charge is 0.316 e. The molecule has 0 heterocycles. The molecule has 0 aromatic heterocycles. The Balaban J connectivity index is 2.50. The van der Waals surface area contributed by atoms with Crippen molar-refractivity contribution in [1.82, 2.24) is 0 Å². The van der Waals surface area contributed by atoms with Crippen molar-refractivity contribution in [3.8, 4) is 6.07 Å². The van der Waals surface area contributed by atoms with E-state index in [2.05, 4.69) is 26.7 Å². The Kier molecular flexibility index (Phi) is 4.37. The number of hydrogen-bond donors (Lipinski definition) is 3. The molecule has 0 bridgehead atoms. The van der Waals surface area contributed by atoms with Crippen molar-refractivity contribution in [3.63, 3.8) is 0 Å². The van der Waals surface area contributed by atoms with Crippen LogP contribution in [0.5, 0.6) is 0 Å². The average molecular weight is 348 g/mol. The van der Waals surface area contributed by atoms with Crippen molar-refractivity contribution in [1.29, 1.82) is 5.26 Å². The fraction of sp³-hybridized carbons (Fsp3) is 0. The molecule has 8 heteroatoms. The van der Waals surface area contributed by atoms with Gasteiger partial charge in [0.15, 0.2) is 0 Å². The summed E-state index contributed by atoms with van der Waals surface area (Å²) >= 11 is 3.27. The van der Waals surface area contributed by atoms with E-state index >= 15 is 0 Å². The van der Waals surface area contributed by atoms with Crippen LogP contribution in [0.4, 0.5) is 22.7 Å². The van der Waals surface area contributed by atoms with Gasteiger partial charge < -0.3 is 10.7 Å². The Morgan fingerprint density at radius 1 is 1.24 bits per heavy atom. The van der Waals surface area contributed by atoms with E-state index in [1.54, 1.807) is 30.3 Å². The molecule has 0 amide bonds. The highest BCUT2D eigenvalue weighted by molar-refractivity contribution is 9.10. The van der Waals surface area contributed by atoms with Crippen molar-refractivity contribution in [2.75, 3.05) is 10.7 Å². The minimum Gasteiger partial charge on any atom is -0.349 e. The van der Waals surface area contributed by atoms with Gasteiger partial charge in [-0.3, -0.25) is 16.0 Å². The summed E-state index contributed by atoms with van der Waals surface area (Å²) in [6, 6.07) is 11.7. The van der Waals surface area contributed by atoms with Gasteiger partial charge in [0.25, 0.3) is 0 Å². The third kappa shape index (κ3) is 3.10. The molecule has 0 atom stereocenters. The van der Waals surface area contributed by atoms with E-state index in [0.717, 1.165) is 4.47 Å². The summed E-state index contributed by atoms with van der Waals surface area (Å²) in [6.45, 7) is 0. The molecule has 106 valence electrons. The second kappa shape index (κ2) is 6.21. The van der Waals surface area contributed by atoms with Gasteiger partial charge in [-0.1, -0.05) is 22.0 Å². The lowest BCUT2D eigenvalue weighted by molar-refractivity contribution is -0.383. The normalized spacial score (nSPS) is 9.76. The van der Waals surface area contributed by atoms with Gasteiger partial charge in [0.05, 0.1) is 16.2 Å². The highest BCUT2D eigenvalue weighted by Crippen LogP contribution is 2.35. The van der Waals surface area contributed by atoms with Gasteiger partial charge in [0, 0.05) is 4.47 Å². The number of nitrogens with two attached hydrogens (primary N) is 1. The maximum absolute atomic E-state index is 11.2. The summed E-state index contributed by atoms with van der Waals surface area (Å²) in [5, 5.41) is 23.2. The van der Waals surface area contributed by atoms with Crippen LogP contribution in [-0.2, 0) is 0 Å². The number of nitrogens with zero attached hydrogens (tertiary/aromatic N) is 2. The van der Waals surface area contributed by atoms with E-state index in [1.165, 1.54) is 6.07 Å².